The number of ether oxygens (including phenoxy) is 1. The second-order valence-electron chi connectivity index (χ2n) is 4.16. The Hall–Kier alpha value is -2.37. The number of hydrogen-bond acceptors (Lipinski definition) is 4. The third-order valence-electron chi connectivity index (χ3n) is 2.49. The summed E-state index contributed by atoms with van der Waals surface area (Å²) in [6.07, 6.45) is 0.879. The van der Waals surface area contributed by atoms with E-state index < -0.39 is 11.6 Å². The predicted molar refractivity (Wildman–Crippen MR) is 69.4 cm³/mol. The van der Waals surface area contributed by atoms with E-state index >= 15 is 0 Å². The number of rotatable bonds is 3. The van der Waals surface area contributed by atoms with Crippen LogP contribution in [-0.4, -0.2) is 19.1 Å². The number of anilines is 2. The topological polar surface area (TPSA) is 51.4 Å². The lowest BCUT2D eigenvalue weighted by molar-refractivity contribution is 0.418. The van der Waals surface area contributed by atoms with Gasteiger partial charge in [0.1, 0.15) is 5.82 Å². The SMILES string of the molecule is CN(C)c1ccc(N)c(Oc2ncc(F)cc2F)c1. The molecule has 0 aliphatic carbocycles. The van der Waals surface area contributed by atoms with Crippen molar-refractivity contribution in [3.05, 3.63) is 42.1 Å². The number of nitrogens with two attached hydrogens (primary N) is 1. The van der Waals surface area contributed by atoms with E-state index in [9.17, 15) is 8.78 Å². The zero-order chi connectivity index (χ0) is 14.0. The van der Waals surface area contributed by atoms with Crippen LogP contribution in [-0.2, 0) is 0 Å². The molecule has 1 aromatic carbocycles. The van der Waals surface area contributed by atoms with Gasteiger partial charge in [0.2, 0.25) is 0 Å². The van der Waals surface area contributed by atoms with Crippen LogP contribution in [0, 0.1) is 11.6 Å². The predicted octanol–water partition coefficient (Wildman–Crippen LogP) is 2.80. The van der Waals surface area contributed by atoms with Crippen molar-refractivity contribution in [2.75, 3.05) is 24.7 Å². The van der Waals surface area contributed by atoms with Crippen molar-refractivity contribution in [3.63, 3.8) is 0 Å². The summed E-state index contributed by atoms with van der Waals surface area (Å²) < 4.78 is 31.5. The van der Waals surface area contributed by atoms with Crippen LogP contribution in [0.1, 0.15) is 0 Å². The molecule has 0 saturated heterocycles. The van der Waals surface area contributed by atoms with Crippen molar-refractivity contribution >= 4 is 11.4 Å². The van der Waals surface area contributed by atoms with Gasteiger partial charge in [-0.25, -0.2) is 13.8 Å². The van der Waals surface area contributed by atoms with Gasteiger partial charge in [-0.1, -0.05) is 0 Å². The summed E-state index contributed by atoms with van der Waals surface area (Å²) in [5.41, 5.74) is 6.93. The molecule has 0 unspecified atom stereocenters. The van der Waals surface area contributed by atoms with E-state index in [-0.39, 0.29) is 11.6 Å². The molecule has 2 rings (SSSR count). The van der Waals surface area contributed by atoms with E-state index in [0.29, 0.717) is 11.8 Å². The van der Waals surface area contributed by atoms with Gasteiger partial charge >= 0.3 is 0 Å². The maximum atomic E-state index is 13.4. The minimum atomic E-state index is -0.880. The number of halogens is 2. The van der Waals surface area contributed by atoms with Gasteiger partial charge in [0.25, 0.3) is 5.88 Å². The normalized spacial score (nSPS) is 10.3. The molecule has 1 aromatic heterocycles. The summed E-state index contributed by atoms with van der Waals surface area (Å²) in [7, 11) is 3.71. The third-order valence-corrected chi connectivity index (χ3v) is 2.49. The summed E-state index contributed by atoms with van der Waals surface area (Å²) in [5, 5.41) is 0. The highest BCUT2D eigenvalue weighted by Gasteiger charge is 2.11. The fourth-order valence-corrected chi connectivity index (χ4v) is 1.47. The second-order valence-corrected chi connectivity index (χ2v) is 4.16. The van der Waals surface area contributed by atoms with Crippen LogP contribution >= 0.6 is 0 Å². The van der Waals surface area contributed by atoms with Gasteiger partial charge < -0.3 is 15.4 Å². The van der Waals surface area contributed by atoms with Crippen LogP contribution in [0.5, 0.6) is 11.6 Å². The number of nitrogen functional groups attached to an aromatic ring is 1. The Kier molecular flexibility index (Phi) is 3.50. The summed E-state index contributed by atoms with van der Waals surface area (Å²) in [5.74, 6) is -1.69. The minimum absolute atomic E-state index is 0.268. The van der Waals surface area contributed by atoms with Crippen molar-refractivity contribution in [1.29, 1.82) is 0 Å². The third kappa shape index (κ3) is 2.90. The fourth-order valence-electron chi connectivity index (χ4n) is 1.47. The molecular weight excluding hydrogens is 252 g/mol. The Morgan fingerprint density at radius 3 is 2.58 bits per heavy atom. The Morgan fingerprint density at radius 2 is 1.95 bits per heavy atom. The van der Waals surface area contributed by atoms with E-state index in [1.54, 1.807) is 18.2 Å². The molecule has 4 nitrogen and oxygen atoms in total. The molecule has 0 spiro atoms. The van der Waals surface area contributed by atoms with E-state index in [1.165, 1.54) is 0 Å². The second kappa shape index (κ2) is 5.09. The van der Waals surface area contributed by atoms with E-state index in [1.807, 2.05) is 19.0 Å². The first-order valence-corrected chi connectivity index (χ1v) is 5.53. The molecule has 2 N–H and O–H groups in total. The van der Waals surface area contributed by atoms with Crippen molar-refractivity contribution < 1.29 is 13.5 Å². The average molecular weight is 265 g/mol. The molecule has 100 valence electrons. The molecule has 0 radical (unpaired) electrons. The number of nitrogens with zero attached hydrogens (tertiary/aromatic N) is 2. The number of pyridine rings is 1. The lowest BCUT2D eigenvalue weighted by Gasteiger charge is -2.15. The molecule has 0 aliphatic rings. The standard InChI is InChI=1S/C13H13F2N3O/c1-18(2)9-3-4-11(16)12(6-9)19-13-10(15)5-8(14)7-17-13/h3-7H,16H2,1-2H3. The van der Waals surface area contributed by atoms with Gasteiger partial charge in [-0.2, -0.15) is 0 Å². The zero-order valence-electron chi connectivity index (χ0n) is 10.5. The number of hydrogen-bond donors (Lipinski definition) is 1. The molecule has 0 amide bonds. The smallest absolute Gasteiger partial charge is 0.256 e. The molecular formula is C13H13F2N3O. The highest BCUT2D eigenvalue weighted by molar-refractivity contribution is 5.62. The largest absolute Gasteiger partial charge is 0.434 e. The van der Waals surface area contributed by atoms with Crippen LogP contribution in [0.3, 0.4) is 0 Å². The summed E-state index contributed by atoms with van der Waals surface area (Å²) >= 11 is 0. The van der Waals surface area contributed by atoms with Crippen LogP contribution in [0.15, 0.2) is 30.5 Å². The first kappa shape index (κ1) is 13.1. The first-order chi connectivity index (χ1) is 8.97. The van der Waals surface area contributed by atoms with E-state index in [0.717, 1.165) is 11.9 Å². The summed E-state index contributed by atoms with van der Waals surface area (Å²) in [4.78, 5) is 5.40. The Morgan fingerprint density at radius 1 is 1.21 bits per heavy atom. The summed E-state index contributed by atoms with van der Waals surface area (Å²) in [6.45, 7) is 0. The lowest BCUT2D eigenvalue weighted by atomic mass is 10.2. The van der Waals surface area contributed by atoms with Crippen LogP contribution < -0.4 is 15.4 Å². The zero-order valence-corrected chi connectivity index (χ0v) is 10.5. The maximum Gasteiger partial charge on any atom is 0.256 e. The molecule has 0 atom stereocenters. The summed E-state index contributed by atoms with van der Waals surface area (Å²) in [6, 6.07) is 5.80. The molecule has 6 heteroatoms. The van der Waals surface area contributed by atoms with Gasteiger partial charge in [-0.05, 0) is 12.1 Å². The molecule has 19 heavy (non-hydrogen) atoms. The van der Waals surface area contributed by atoms with Crippen LogP contribution in [0.4, 0.5) is 20.2 Å². The van der Waals surface area contributed by atoms with Crippen LogP contribution in [0.25, 0.3) is 0 Å². The van der Waals surface area contributed by atoms with Crippen molar-refractivity contribution in [2.45, 2.75) is 0 Å². The molecule has 0 bridgehead atoms. The Bertz CT molecular complexity index is 602. The van der Waals surface area contributed by atoms with Crippen molar-refractivity contribution in [1.82, 2.24) is 4.98 Å². The monoisotopic (exact) mass is 265 g/mol. The Labute approximate surface area is 109 Å². The first-order valence-electron chi connectivity index (χ1n) is 5.53. The molecule has 2 aromatic rings. The quantitative estimate of drug-likeness (QED) is 0.867. The molecule has 0 aliphatic heterocycles. The molecule has 0 fully saturated rings. The molecule has 1 heterocycles. The fraction of sp³-hybridized carbons (Fsp3) is 0.154. The van der Waals surface area contributed by atoms with Crippen molar-refractivity contribution in [3.8, 4) is 11.6 Å². The van der Waals surface area contributed by atoms with Gasteiger partial charge in [0, 0.05) is 31.9 Å². The van der Waals surface area contributed by atoms with Gasteiger partial charge in [0.05, 0.1) is 11.9 Å². The minimum Gasteiger partial charge on any atom is -0.434 e. The highest BCUT2D eigenvalue weighted by Crippen LogP contribution is 2.31. The van der Waals surface area contributed by atoms with E-state index in [2.05, 4.69) is 4.98 Å². The lowest BCUT2D eigenvalue weighted by Crippen LogP contribution is -2.09. The van der Waals surface area contributed by atoms with Crippen molar-refractivity contribution in [2.24, 2.45) is 0 Å². The average Bonchev–Trinajstić information content (AvgIpc) is 2.34. The van der Waals surface area contributed by atoms with E-state index in [4.69, 9.17) is 10.5 Å². The van der Waals surface area contributed by atoms with Crippen LogP contribution in [0.2, 0.25) is 0 Å². The number of benzene rings is 1. The highest BCUT2D eigenvalue weighted by atomic mass is 19.1. The Balaban J connectivity index is 2.34. The van der Waals surface area contributed by atoms with Gasteiger partial charge in [0.15, 0.2) is 11.6 Å². The number of aromatic nitrogens is 1. The maximum absolute atomic E-state index is 13.4. The molecule has 0 saturated carbocycles. The van der Waals surface area contributed by atoms with Gasteiger partial charge in [-0.3, -0.25) is 0 Å². The van der Waals surface area contributed by atoms with Gasteiger partial charge in [-0.15, -0.1) is 0 Å².